The molecule has 0 N–H and O–H groups in total. The predicted molar refractivity (Wildman–Crippen MR) is 90.1 cm³/mol. The molecule has 1 aliphatic rings. The molecule has 0 unspecified atom stereocenters. The van der Waals surface area contributed by atoms with Gasteiger partial charge in [0.1, 0.15) is 0 Å². The second-order valence-electron chi connectivity index (χ2n) is 5.18. The molecular formula is C18H17Cl2Hf. The van der Waals surface area contributed by atoms with Crippen molar-refractivity contribution >= 4 is 23.2 Å². The molecule has 0 saturated heterocycles. The molecule has 0 bridgehead atoms. The predicted octanol–water partition coefficient (Wildman–Crippen LogP) is 6.43. The SMILES string of the molecule is CC(C)c1ccc(-c2cccc3c2C=C[CH]3)cc1.[Cl][Hf][Cl]. The third-order valence-corrected chi connectivity index (χ3v) is 3.57. The summed E-state index contributed by atoms with van der Waals surface area (Å²) in [6.45, 7) is 4.46. The van der Waals surface area contributed by atoms with Gasteiger partial charge in [-0.2, -0.15) is 0 Å². The minimum absolute atomic E-state index is 0.591. The van der Waals surface area contributed by atoms with E-state index in [9.17, 15) is 0 Å². The molecule has 0 spiro atoms. The van der Waals surface area contributed by atoms with Gasteiger partial charge in [0.25, 0.3) is 0 Å². The van der Waals surface area contributed by atoms with Gasteiger partial charge in [-0.05, 0) is 33.7 Å². The van der Waals surface area contributed by atoms with Gasteiger partial charge in [-0.1, -0.05) is 68.5 Å². The fraction of sp³-hybridized carbons (Fsp3) is 0.167. The number of hydrogen-bond donors (Lipinski definition) is 0. The molecule has 21 heavy (non-hydrogen) atoms. The van der Waals surface area contributed by atoms with Gasteiger partial charge in [-0.25, -0.2) is 0 Å². The number of rotatable bonds is 2. The van der Waals surface area contributed by atoms with Crippen molar-refractivity contribution < 1.29 is 20.5 Å². The molecule has 3 heteroatoms. The van der Waals surface area contributed by atoms with Crippen molar-refractivity contribution in [3.63, 3.8) is 0 Å². The molecule has 0 aromatic heterocycles. The van der Waals surface area contributed by atoms with E-state index in [0.29, 0.717) is 5.92 Å². The summed E-state index contributed by atoms with van der Waals surface area (Å²) in [6.07, 6.45) is 6.49. The topological polar surface area (TPSA) is 0 Å². The monoisotopic (exact) mass is 483 g/mol. The van der Waals surface area contributed by atoms with Crippen molar-refractivity contribution in [3.8, 4) is 11.1 Å². The fourth-order valence-electron chi connectivity index (χ4n) is 2.46. The number of benzene rings is 2. The Kier molecular flexibility index (Phi) is 6.73. The first kappa shape index (κ1) is 17.0. The Morgan fingerprint density at radius 1 is 0.952 bits per heavy atom. The average Bonchev–Trinajstić information content (AvgIpc) is 2.96. The van der Waals surface area contributed by atoms with Crippen molar-refractivity contribution in [1.82, 2.24) is 0 Å². The first-order valence-corrected chi connectivity index (χ1v) is 15.8. The zero-order chi connectivity index (χ0) is 15.2. The summed E-state index contributed by atoms with van der Waals surface area (Å²) in [6, 6.07) is 15.4. The van der Waals surface area contributed by atoms with E-state index in [1.54, 1.807) is 0 Å². The van der Waals surface area contributed by atoms with Crippen LogP contribution >= 0.6 is 17.2 Å². The summed E-state index contributed by atoms with van der Waals surface area (Å²) in [5.41, 5.74) is 6.69. The van der Waals surface area contributed by atoms with E-state index in [2.05, 4.69) is 74.9 Å². The minimum atomic E-state index is -0.972. The summed E-state index contributed by atoms with van der Waals surface area (Å²) in [5.74, 6) is 0.591. The Bertz CT molecular complexity index is 616. The molecule has 1 radical (unpaired) electrons. The van der Waals surface area contributed by atoms with E-state index in [1.807, 2.05) is 0 Å². The van der Waals surface area contributed by atoms with Gasteiger partial charge < -0.3 is 0 Å². The fourth-order valence-corrected chi connectivity index (χ4v) is 2.46. The van der Waals surface area contributed by atoms with Gasteiger partial charge in [0, 0.05) is 6.42 Å². The van der Waals surface area contributed by atoms with Gasteiger partial charge in [-0.3, -0.25) is 0 Å². The summed E-state index contributed by atoms with van der Waals surface area (Å²) in [7, 11) is 9.92. The zero-order valence-corrected chi connectivity index (χ0v) is 17.2. The molecule has 0 saturated carbocycles. The van der Waals surface area contributed by atoms with Crippen LogP contribution in [0.25, 0.3) is 17.2 Å². The van der Waals surface area contributed by atoms with Crippen LogP contribution < -0.4 is 0 Å². The molecule has 2 aromatic carbocycles. The van der Waals surface area contributed by atoms with E-state index in [0.717, 1.165) is 0 Å². The molecule has 0 amide bonds. The van der Waals surface area contributed by atoms with Gasteiger partial charge in [0.15, 0.2) is 0 Å². The molecule has 3 rings (SSSR count). The van der Waals surface area contributed by atoms with Crippen LogP contribution in [-0.2, 0) is 20.5 Å². The van der Waals surface area contributed by atoms with Crippen molar-refractivity contribution in [2.45, 2.75) is 19.8 Å². The molecule has 0 nitrogen and oxygen atoms in total. The standard InChI is InChI=1S/C18H17.2ClH.Hf/c1-13(2)14-9-11-16(12-10-14)18-8-4-6-15-5-3-7-17(15)18;;;/h3-13H,1-2H3;2*1H;/q;;;+2/p-2. The third kappa shape index (κ3) is 4.31. The third-order valence-electron chi connectivity index (χ3n) is 3.57. The molecule has 1 aliphatic carbocycles. The zero-order valence-electron chi connectivity index (χ0n) is 12.1. The van der Waals surface area contributed by atoms with Gasteiger partial charge in [0.05, 0.1) is 0 Å². The molecule has 0 atom stereocenters. The number of halogens is 2. The molecule has 107 valence electrons. The van der Waals surface area contributed by atoms with Crippen molar-refractivity contribution in [2.24, 2.45) is 0 Å². The quantitative estimate of drug-likeness (QED) is 0.433. The van der Waals surface area contributed by atoms with Crippen LogP contribution in [0.15, 0.2) is 48.5 Å². The van der Waals surface area contributed by atoms with Crippen LogP contribution in [0.5, 0.6) is 0 Å². The van der Waals surface area contributed by atoms with E-state index < -0.39 is 20.5 Å². The van der Waals surface area contributed by atoms with Crippen LogP contribution in [0.1, 0.15) is 36.5 Å². The first-order valence-electron chi connectivity index (χ1n) is 6.88. The van der Waals surface area contributed by atoms with Crippen LogP contribution in [0, 0.1) is 6.42 Å². The Hall–Kier alpha value is -0.370. The van der Waals surface area contributed by atoms with Crippen LogP contribution in [0.2, 0.25) is 0 Å². The second-order valence-corrected chi connectivity index (χ2v) is 10.4. The Morgan fingerprint density at radius 2 is 1.62 bits per heavy atom. The number of allylic oxidation sites excluding steroid dienone is 1. The molecule has 2 aromatic rings. The Labute approximate surface area is 145 Å². The van der Waals surface area contributed by atoms with Crippen LogP contribution in [0.3, 0.4) is 0 Å². The summed E-state index contributed by atoms with van der Waals surface area (Å²) in [4.78, 5) is 0. The first-order chi connectivity index (χ1) is 10.2. The number of fused-ring (bicyclic) bond motifs is 1. The molecule has 0 aliphatic heterocycles. The number of hydrogen-bond acceptors (Lipinski definition) is 0. The van der Waals surface area contributed by atoms with Crippen molar-refractivity contribution in [2.75, 3.05) is 0 Å². The molecular weight excluding hydrogens is 466 g/mol. The maximum atomic E-state index is 4.96. The molecule has 0 heterocycles. The van der Waals surface area contributed by atoms with E-state index >= 15 is 0 Å². The van der Waals surface area contributed by atoms with E-state index in [1.165, 1.54) is 27.8 Å². The second kappa shape index (κ2) is 8.31. The van der Waals surface area contributed by atoms with Crippen molar-refractivity contribution in [3.05, 3.63) is 71.7 Å². The van der Waals surface area contributed by atoms with Gasteiger partial charge in [0.2, 0.25) is 0 Å². The Balaban J connectivity index is 0.000000497. The van der Waals surface area contributed by atoms with Crippen LogP contribution in [-0.4, -0.2) is 0 Å². The maximum absolute atomic E-state index is 4.96. The van der Waals surface area contributed by atoms with Crippen LogP contribution in [0.4, 0.5) is 0 Å². The summed E-state index contributed by atoms with van der Waals surface area (Å²) >= 11 is -0.972. The Morgan fingerprint density at radius 3 is 2.24 bits per heavy atom. The van der Waals surface area contributed by atoms with E-state index in [-0.39, 0.29) is 0 Å². The normalized spacial score (nSPS) is 11.9. The summed E-state index contributed by atoms with van der Waals surface area (Å²) in [5, 5.41) is 0. The van der Waals surface area contributed by atoms with Crippen molar-refractivity contribution in [1.29, 1.82) is 0 Å². The van der Waals surface area contributed by atoms with Gasteiger partial charge in [-0.15, -0.1) is 0 Å². The molecule has 0 fully saturated rings. The average molecular weight is 483 g/mol. The van der Waals surface area contributed by atoms with E-state index in [4.69, 9.17) is 17.2 Å². The van der Waals surface area contributed by atoms with Gasteiger partial charge >= 0.3 is 37.7 Å². The summed E-state index contributed by atoms with van der Waals surface area (Å²) < 4.78 is 0.